The quantitative estimate of drug-likeness (QED) is 0.854. The Morgan fingerprint density at radius 3 is 2.93 bits per heavy atom. The number of thiazole rings is 1. The number of nitrogens with one attached hydrogen (secondary N) is 1. The zero-order valence-corrected chi connectivity index (χ0v) is 10.5. The van der Waals surface area contributed by atoms with E-state index in [9.17, 15) is 0 Å². The van der Waals surface area contributed by atoms with Gasteiger partial charge in [-0.05, 0) is 32.7 Å². The van der Waals surface area contributed by atoms with Gasteiger partial charge < -0.3 is 5.32 Å². The Hall–Kier alpha value is -0.410. The Balaban J connectivity index is 1.99. The molecule has 0 radical (unpaired) electrons. The molecular weight excluding hydrogens is 204 g/mol. The molecular formula is C12H20N2S. The Bertz CT molecular complexity index is 313. The van der Waals surface area contributed by atoms with Crippen LogP contribution in [0.2, 0.25) is 0 Å². The first-order valence-electron chi connectivity index (χ1n) is 5.98. The molecule has 84 valence electrons. The van der Waals surface area contributed by atoms with Crippen LogP contribution in [0.5, 0.6) is 0 Å². The molecule has 2 nitrogen and oxygen atoms in total. The molecule has 15 heavy (non-hydrogen) atoms. The summed E-state index contributed by atoms with van der Waals surface area (Å²) in [7, 11) is 0. The first kappa shape index (κ1) is 11.1. The van der Waals surface area contributed by atoms with E-state index in [1.807, 2.05) is 11.3 Å². The summed E-state index contributed by atoms with van der Waals surface area (Å²) in [5, 5.41) is 4.88. The van der Waals surface area contributed by atoms with Gasteiger partial charge in [0.2, 0.25) is 0 Å². The van der Waals surface area contributed by atoms with E-state index in [0.717, 1.165) is 12.8 Å². The highest BCUT2D eigenvalue weighted by Gasteiger charge is 2.16. The van der Waals surface area contributed by atoms with E-state index in [0.29, 0.717) is 6.04 Å². The minimum absolute atomic E-state index is 0.671. The monoisotopic (exact) mass is 224 g/mol. The van der Waals surface area contributed by atoms with Gasteiger partial charge in [-0.1, -0.05) is 13.3 Å². The van der Waals surface area contributed by atoms with Crippen LogP contribution in [-0.2, 0) is 12.8 Å². The molecule has 1 unspecified atom stereocenters. The van der Waals surface area contributed by atoms with Crippen LogP contribution in [0.3, 0.4) is 0 Å². The smallest absolute Gasteiger partial charge is 0.0928 e. The van der Waals surface area contributed by atoms with Crippen LogP contribution >= 0.6 is 11.3 Å². The second-order valence-corrected chi connectivity index (χ2v) is 5.60. The molecule has 1 fully saturated rings. The van der Waals surface area contributed by atoms with Gasteiger partial charge in [-0.3, -0.25) is 0 Å². The van der Waals surface area contributed by atoms with Crippen molar-refractivity contribution in [3.05, 3.63) is 15.6 Å². The molecule has 0 amide bonds. The van der Waals surface area contributed by atoms with E-state index >= 15 is 0 Å². The van der Waals surface area contributed by atoms with Crippen LogP contribution in [0.25, 0.3) is 0 Å². The number of hydrogen-bond acceptors (Lipinski definition) is 3. The number of piperidine rings is 1. The van der Waals surface area contributed by atoms with Crippen LogP contribution < -0.4 is 5.32 Å². The van der Waals surface area contributed by atoms with Crippen molar-refractivity contribution in [2.45, 2.75) is 52.0 Å². The van der Waals surface area contributed by atoms with Crippen molar-refractivity contribution in [2.75, 3.05) is 6.54 Å². The number of aromatic nitrogens is 1. The van der Waals surface area contributed by atoms with E-state index in [4.69, 9.17) is 4.98 Å². The van der Waals surface area contributed by atoms with E-state index in [-0.39, 0.29) is 0 Å². The van der Waals surface area contributed by atoms with Gasteiger partial charge in [-0.25, -0.2) is 4.98 Å². The van der Waals surface area contributed by atoms with Crippen molar-refractivity contribution in [1.29, 1.82) is 0 Å². The van der Waals surface area contributed by atoms with Gasteiger partial charge in [0.25, 0.3) is 0 Å². The molecule has 0 bridgehead atoms. The van der Waals surface area contributed by atoms with E-state index < -0.39 is 0 Å². The maximum Gasteiger partial charge on any atom is 0.0928 e. The summed E-state index contributed by atoms with van der Waals surface area (Å²) in [5.41, 5.74) is 1.33. The fourth-order valence-corrected chi connectivity index (χ4v) is 3.06. The lowest BCUT2D eigenvalue weighted by atomic mass is 10.0. The summed E-state index contributed by atoms with van der Waals surface area (Å²) < 4.78 is 0. The predicted molar refractivity (Wildman–Crippen MR) is 65.6 cm³/mol. The van der Waals surface area contributed by atoms with Gasteiger partial charge in [-0.2, -0.15) is 0 Å². The van der Waals surface area contributed by atoms with Crippen molar-refractivity contribution < 1.29 is 0 Å². The lowest BCUT2D eigenvalue weighted by Crippen LogP contribution is -2.35. The van der Waals surface area contributed by atoms with Crippen LogP contribution in [-0.4, -0.2) is 17.6 Å². The molecule has 0 aromatic carbocycles. The molecule has 1 atom stereocenters. The number of nitrogens with zero attached hydrogens (tertiary/aromatic N) is 1. The second kappa shape index (κ2) is 5.08. The van der Waals surface area contributed by atoms with Crippen molar-refractivity contribution in [1.82, 2.24) is 10.3 Å². The predicted octanol–water partition coefficient (Wildman–Crippen LogP) is 2.70. The normalized spacial score (nSPS) is 21.9. The van der Waals surface area contributed by atoms with E-state index in [1.165, 1.54) is 41.4 Å². The molecule has 2 rings (SSSR count). The van der Waals surface area contributed by atoms with Crippen molar-refractivity contribution >= 4 is 11.3 Å². The fraction of sp³-hybridized carbons (Fsp3) is 0.750. The summed E-state index contributed by atoms with van der Waals surface area (Å²) in [6.45, 7) is 5.57. The van der Waals surface area contributed by atoms with E-state index in [1.54, 1.807) is 0 Å². The third-order valence-electron chi connectivity index (χ3n) is 3.09. The Labute approximate surface area is 96.1 Å². The average molecular weight is 224 g/mol. The van der Waals surface area contributed by atoms with Crippen LogP contribution in [0, 0.1) is 6.92 Å². The van der Waals surface area contributed by atoms with Crippen molar-refractivity contribution in [3.63, 3.8) is 0 Å². The largest absolute Gasteiger partial charge is 0.314 e. The minimum atomic E-state index is 0.671. The minimum Gasteiger partial charge on any atom is -0.314 e. The lowest BCUT2D eigenvalue weighted by molar-refractivity contribution is 0.397. The van der Waals surface area contributed by atoms with Crippen molar-refractivity contribution in [3.8, 4) is 0 Å². The highest BCUT2D eigenvalue weighted by molar-refractivity contribution is 7.11. The third-order valence-corrected chi connectivity index (χ3v) is 4.25. The molecule has 3 heteroatoms. The molecule has 1 aromatic rings. The molecule has 1 aliphatic heterocycles. The molecule has 0 spiro atoms. The van der Waals surface area contributed by atoms with Gasteiger partial charge in [-0.15, -0.1) is 11.3 Å². The number of rotatable bonds is 3. The van der Waals surface area contributed by atoms with Crippen LogP contribution in [0.4, 0.5) is 0 Å². The lowest BCUT2D eigenvalue weighted by Gasteiger charge is -2.22. The van der Waals surface area contributed by atoms with Crippen LogP contribution in [0.15, 0.2) is 0 Å². The second-order valence-electron chi connectivity index (χ2n) is 4.31. The molecule has 0 saturated carbocycles. The summed E-state index contributed by atoms with van der Waals surface area (Å²) in [4.78, 5) is 6.12. The summed E-state index contributed by atoms with van der Waals surface area (Å²) >= 11 is 1.86. The summed E-state index contributed by atoms with van der Waals surface area (Å²) in [6.07, 6.45) is 6.23. The van der Waals surface area contributed by atoms with Gasteiger partial charge in [0.1, 0.15) is 0 Å². The third kappa shape index (κ3) is 2.79. The highest BCUT2D eigenvalue weighted by atomic mass is 32.1. The Morgan fingerprint density at radius 2 is 2.33 bits per heavy atom. The molecule has 1 N–H and O–H groups in total. The van der Waals surface area contributed by atoms with Gasteiger partial charge in [0, 0.05) is 17.3 Å². The zero-order chi connectivity index (χ0) is 10.7. The maximum absolute atomic E-state index is 4.70. The van der Waals surface area contributed by atoms with Crippen molar-refractivity contribution in [2.24, 2.45) is 0 Å². The fourth-order valence-electron chi connectivity index (χ4n) is 2.16. The SMILES string of the molecule is CCc1nc(CC2CCCCN2)c(C)s1. The standard InChI is InChI=1S/C12H20N2S/c1-3-12-14-11(9(2)15-12)8-10-6-4-5-7-13-10/h10,13H,3-8H2,1-2H3. The molecule has 0 aliphatic carbocycles. The van der Waals surface area contributed by atoms with Gasteiger partial charge >= 0.3 is 0 Å². The Kier molecular flexibility index (Phi) is 3.76. The molecule has 1 saturated heterocycles. The zero-order valence-electron chi connectivity index (χ0n) is 9.68. The Morgan fingerprint density at radius 1 is 1.47 bits per heavy atom. The molecule has 2 heterocycles. The van der Waals surface area contributed by atoms with Gasteiger partial charge in [0.15, 0.2) is 0 Å². The topological polar surface area (TPSA) is 24.9 Å². The molecule has 1 aliphatic rings. The highest BCUT2D eigenvalue weighted by Crippen LogP contribution is 2.21. The first-order valence-corrected chi connectivity index (χ1v) is 6.79. The number of aryl methyl sites for hydroxylation is 2. The van der Waals surface area contributed by atoms with Crippen LogP contribution in [0.1, 0.15) is 41.8 Å². The number of hydrogen-bond donors (Lipinski definition) is 1. The summed E-state index contributed by atoms with van der Waals surface area (Å²) in [6, 6.07) is 0.671. The van der Waals surface area contributed by atoms with Gasteiger partial charge in [0.05, 0.1) is 10.7 Å². The van der Waals surface area contributed by atoms with E-state index in [2.05, 4.69) is 19.2 Å². The maximum atomic E-state index is 4.70. The summed E-state index contributed by atoms with van der Waals surface area (Å²) in [5.74, 6) is 0. The first-order chi connectivity index (χ1) is 7.29. The molecule has 1 aromatic heterocycles. The average Bonchev–Trinajstić information content (AvgIpc) is 2.61.